The van der Waals surface area contributed by atoms with E-state index in [9.17, 15) is 9.90 Å². The van der Waals surface area contributed by atoms with Gasteiger partial charge in [-0.2, -0.15) is 0 Å². The SMILES string of the molecule is C=C(C)C(=O)OCCc1cc(C)c(O)c(C)c1. The zero-order chi connectivity index (χ0) is 13.0. The van der Waals surface area contributed by atoms with Crippen LogP contribution in [0.3, 0.4) is 0 Å². The highest BCUT2D eigenvalue weighted by molar-refractivity contribution is 5.86. The van der Waals surface area contributed by atoms with Gasteiger partial charge in [-0.05, 0) is 37.5 Å². The number of phenolic OH excluding ortho intramolecular Hbond substituents is 1. The highest BCUT2D eigenvalue weighted by Gasteiger charge is 2.05. The van der Waals surface area contributed by atoms with E-state index in [1.54, 1.807) is 6.92 Å². The molecule has 0 aromatic heterocycles. The summed E-state index contributed by atoms with van der Waals surface area (Å²) in [6.45, 7) is 9.17. The number of hydrogen-bond donors (Lipinski definition) is 1. The lowest BCUT2D eigenvalue weighted by atomic mass is 10.0. The number of aromatic hydroxyl groups is 1. The standard InChI is InChI=1S/C14H18O3/c1-9(2)14(16)17-6-5-12-7-10(3)13(15)11(4)8-12/h7-8,15H,1,5-6H2,2-4H3. The third-order valence-corrected chi connectivity index (χ3v) is 2.52. The topological polar surface area (TPSA) is 46.5 Å². The number of aryl methyl sites for hydroxylation is 2. The Morgan fingerprint density at radius 1 is 1.35 bits per heavy atom. The van der Waals surface area contributed by atoms with Crippen LogP contribution in [0.1, 0.15) is 23.6 Å². The van der Waals surface area contributed by atoms with Crippen molar-refractivity contribution in [3.05, 3.63) is 41.0 Å². The molecule has 0 atom stereocenters. The maximum Gasteiger partial charge on any atom is 0.333 e. The van der Waals surface area contributed by atoms with Crippen LogP contribution in [0.15, 0.2) is 24.3 Å². The molecule has 17 heavy (non-hydrogen) atoms. The molecule has 1 aromatic carbocycles. The van der Waals surface area contributed by atoms with Crippen LogP contribution in [0.5, 0.6) is 5.75 Å². The van der Waals surface area contributed by atoms with Crippen LogP contribution >= 0.6 is 0 Å². The van der Waals surface area contributed by atoms with Gasteiger partial charge in [0.25, 0.3) is 0 Å². The van der Waals surface area contributed by atoms with Gasteiger partial charge in [0.15, 0.2) is 0 Å². The molecule has 0 aliphatic rings. The van der Waals surface area contributed by atoms with Gasteiger partial charge in [-0.1, -0.05) is 18.7 Å². The summed E-state index contributed by atoms with van der Waals surface area (Å²) >= 11 is 0. The average Bonchev–Trinajstić information content (AvgIpc) is 2.25. The molecule has 92 valence electrons. The number of esters is 1. The Morgan fingerprint density at radius 3 is 2.35 bits per heavy atom. The fraction of sp³-hybridized carbons (Fsp3) is 0.357. The zero-order valence-corrected chi connectivity index (χ0v) is 10.5. The van der Waals surface area contributed by atoms with E-state index >= 15 is 0 Å². The predicted octanol–water partition coefficient (Wildman–Crippen LogP) is 2.67. The van der Waals surface area contributed by atoms with Crippen molar-refractivity contribution in [2.24, 2.45) is 0 Å². The highest BCUT2D eigenvalue weighted by atomic mass is 16.5. The smallest absolute Gasteiger partial charge is 0.333 e. The van der Waals surface area contributed by atoms with Crippen LogP contribution in [0, 0.1) is 13.8 Å². The molecular formula is C14H18O3. The quantitative estimate of drug-likeness (QED) is 0.643. The Morgan fingerprint density at radius 2 is 1.88 bits per heavy atom. The molecule has 3 heteroatoms. The Hall–Kier alpha value is -1.77. The minimum Gasteiger partial charge on any atom is -0.507 e. The van der Waals surface area contributed by atoms with E-state index in [-0.39, 0.29) is 5.97 Å². The molecule has 0 heterocycles. The number of benzene rings is 1. The minimum atomic E-state index is -0.364. The van der Waals surface area contributed by atoms with Gasteiger partial charge in [0, 0.05) is 12.0 Å². The molecule has 1 rings (SSSR count). The first-order valence-corrected chi connectivity index (χ1v) is 5.53. The van der Waals surface area contributed by atoms with Crippen molar-refractivity contribution in [2.45, 2.75) is 27.2 Å². The molecule has 0 fully saturated rings. The van der Waals surface area contributed by atoms with Crippen LogP contribution in [0.4, 0.5) is 0 Å². The number of ether oxygens (including phenoxy) is 1. The second kappa shape index (κ2) is 5.53. The molecule has 0 unspecified atom stereocenters. The summed E-state index contributed by atoms with van der Waals surface area (Å²) in [5, 5.41) is 9.62. The van der Waals surface area contributed by atoms with E-state index in [4.69, 9.17) is 4.74 Å². The highest BCUT2D eigenvalue weighted by Crippen LogP contribution is 2.23. The maximum absolute atomic E-state index is 11.2. The molecule has 3 nitrogen and oxygen atoms in total. The van der Waals surface area contributed by atoms with E-state index < -0.39 is 0 Å². The summed E-state index contributed by atoms with van der Waals surface area (Å²) in [5.74, 6) is -0.0371. The van der Waals surface area contributed by atoms with Gasteiger partial charge >= 0.3 is 5.97 Å². The van der Waals surface area contributed by atoms with Crippen LogP contribution in [-0.4, -0.2) is 17.7 Å². The van der Waals surface area contributed by atoms with Crippen LogP contribution in [0.25, 0.3) is 0 Å². The summed E-state index contributed by atoms with van der Waals surface area (Å²) in [6, 6.07) is 3.80. The molecule has 0 aliphatic carbocycles. The van der Waals surface area contributed by atoms with Crippen LogP contribution in [0.2, 0.25) is 0 Å². The number of carbonyl (C=O) groups is 1. The fourth-order valence-corrected chi connectivity index (χ4v) is 1.57. The van der Waals surface area contributed by atoms with E-state index in [2.05, 4.69) is 6.58 Å². The summed E-state index contributed by atoms with van der Waals surface area (Å²) in [5.41, 5.74) is 3.13. The normalized spacial score (nSPS) is 10.1. The minimum absolute atomic E-state index is 0.327. The Balaban J connectivity index is 2.59. The van der Waals surface area contributed by atoms with Crippen molar-refractivity contribution < 1.29 is 14.6 Å². The fourth-order valence-electron chi connectivity index (χ4n) is 1.57. The molecule has 0 saturated carbocycles. The first-order chi connectivity index (χ1) is 7.91. The van der Waals surface area contributed by atoms with Gasteiger partial charge in [-0.3, -0.25) is 0 Å². The van der Waals surface area contributed by atoms with Gasteiger partial charge in [-0.25, -0.2) is 4.79 Å². The Bertz CT molecular complexity index is 424. The predicted molar refractivity (Wildman–Crippen MR) is 67.1 cm³/mol. The summed E-state index contributed by atoms with van der Waals surface area (Å²) in [4.78, 5) is 11.2. The largest absolute Gasteiger partial charge is 0.507 e. The van der Waals surface area contributed by atoms with E-state index in [0.717, 1.165) is 16.7 Å². The molecule has 1 N–H and O–H groups in total. The van der Waals surface area contributed by atoms with Crippen molar-refractivity contribution in [2.75, 3.05) is 6.61 Å². The van der Waals surface area contributed by atoms with E-state index in [1.165, 1.54) is 0 Å². The van der Waals surface area contributed by atoms with Gasteiger partial charge in [0.1, 0.15) is 5.75 Å². The van der Waals surface area contributed by atoms with Crippen LogP contribution < -0.4 is 0 Å². The van der Waals surface area contributed by atoms with Crippen molar-refractivity contribution in [1.82, 2.24) is 0 Å². The van der Waals surface area contributed by atoms with Gasteiger partial charge in [0.2, 0.25) is 0 Å². The second-order valence-electron chi connectivity index (χ2n) is 4.24. The molecule has 0 bridgehead atoms. The van der Waals surface area contributed by atoms with Crippen molar-refractivity contribution in [1.29, 1.82) is 0 Å². The lowest BCUT2D eigenvalue weighted by molar-refractivity contribution is -0.138. The monoisotopic (exact) mass is 234 g/mol. The van der Waals surface area contributed by atoms with Gasteiger partial charge < -0.3 is 9.84 Å². The average molecular weight is 234 g/mol. The molecular weight excluding hydrogens is 216 g/mol. The van der Waals surface area contributed by atoms with Gasteiger partial charge in [-0.15, -0.1) is 0 Å². The van der Waals surface area contributed by atoms with Crippen molar-refractivity contribution in [3.63, 3.8) is 0 Å². The lowest BCUT2D eigenvalue weighted by Crippen LogP contribution is -2.08. The first kappa shape index (κ1) is 13.3. The van der Waals surface area contributed by atoms with Gasteiger partial charge in [0.05, 0.1) is 6.61 Å². The molecule has 0 aliphatic heterocycles. The summed E-state index contributed by atoms with van der Waals surface area (Å²) in [7, 11) is 0. The van der Waals surface area contributed by atoms with Crippen LogP contribution in [-0.2, 0) is 16.0 Å². The maximum atomic E-state index is 11.2. The van der Waals surface area contributed by atoms with Crippen molar-refractivity contribution in [3.8, 4) is 5.75 Å². The van der Waals surface area contributed by atoms with Crippen molar-refractivity contribution >= 4 is 5.97 Å². The molecule has 1 aromatic rings. The summed E-state index contributed by atoms with van der Waals surface area (Å²) in [6.07, 6.45) is 0.640. The number of hydrogen-bond acceptors (Lipinski definition) is 3. The van der Waals surface area contributed by atoms with E-state index in [1.807, 2.05) is 26.0 Å². The number of rotatable bonds is 4. The molecule has 0 spiro atoms. The summed E-state index contributed by atoms with van der Waals surface area (Å²) < 4.78 is 5.02. The van der Waals surface area contributed by atoms with E-state index in [0.29, 0.717) is 24.4 Å². The first-order valence-electron chi connectivity index (χ1n) is 5.53. The third kappa shape index (κ3) is 3.63. The Kier molecular flexibility index (Phi) is 4.32. The number of phenols is 1. The molecule has 0 amide bonds. The zero-order valence-electron chi connectivity index (χ0n) is 10.5. The molecule has 0 saturated heterocycles. The number of carbonyl (C=O) groups excluding carboxylic acids is 1. The lowest BCUT2D eigenvalue weighted by Gasteiger charge is -2.08. The second-order valence-corrected chi connectivity index (χ2v) is 4.24. The molecule has 0 radical (unpaired) electrons. The third-order valence-electron chi connectivity index (χ3n) is 2.52. The Labute approximate surface area is 102 Å².